The van der Waals surface area contributed by atoms with Crippen LogP contribution in [0, 0.1) is 18.3 Å². The van der Waals surface area contributed by atoms with Crippen LogP contribution in [0.3, 0.4) is 0 Å². The molecule has 0 bridgehead atoms. The minimum absolute atomic E-state index is 0.279. The van der Waals surface area contributed by atoms with Gasteiger partial charge in [0.1, 0.15) is 6.07 Å². The van der Waals surface area contributed by atoms with Gasteiger partial charge in [-0.1, -0.05) is 6.07 Å². The number of nitrogens with one attached hydrogen (secondary N) is 1. The lowest BCUT2D eigenvalue weighted by molar-refractivity contribution is 1.16. The Labute approximate surface area is 107 Å². The van der Waals surface area contributed by atoms with Crippen molar-refractivity contribution in [3.63, 3.8) is 0 Å². The fourth-order valence-corrected chi connectivity index (χ4v) is 1.72. The zero-order chi connectivity index (χ0) is 12.3. The van der Waals surface area contributed by atoms with Crippen molar-refractivity contribution in [3.8, 4) is 6.07 Å². The Balaban J connectivity index is 2.38. The van der Waals surface area contributed by atoms with Gasteiger partial charge < -0.3 is 5.32 Å². The van der Waals surface area contributed by atoms with Crippen LogP contribution in [0.4, 0.5) is 11.5 Å². The summed E-state index contributed by atoms with van der Waals surface area (Å²) in [5.41, 5.74) is 2.26. The van der Waals surface area contributed by atoms with Crippen LogP contribution in [0.5, 0.6) is 0 Å². The predicted molar refractivity (Wildman–Crippen MR) is 68.9 cm³/mol. The monoisotopic (exact) mass is 288 g/mol. The predicted octanol–water partition coefficient (Wildman–Crippen LogP) is 3.16. The molecule has 2 rings (SSSR count). The first kappa shape index (κ1) is 11.6. The molecule has 84 valence electrons. The molecule has 0 amide bonds. The van der Waals surface area contributed by atoms with Gasteiger partial charge in [0.25, 0.3) is 0 Å². The Bertz CT molecular complexity index is 589. The van der Waals surface area contributed by atoms with Crippen LogP contribution in [0.2, 0.25) is 0 Å². The minimum Gasteiger partial charge on any atom is -0.337 e. The number of hydrogen-bond acceptors (Lipinski definition) is 4. The van der Waals surface area contributed by atoms with Crippen LogP contribution >= 0.6 is 15.9 Å². The maximum atomic E-state index is 8.92. The molecule has 1 aromatic carbocycles. The number of benzene rings is 1. The summed E-state index contributed by atoms with van der Waals surface area (Å²) in [4.78, 5) is 8.04. The van der Waals surface area contributed by atoms with Crippen molar-refractivity contribution in [1.29, 1.82) is 5.26 Å². The third-order valence-corrected chi connectivity index (χ3v) is 2.87. The van der Waals surface area contributed by atoms with Gasteiger partial charge >= 0.3 is 0 Å². The van der Waals surface area contributed by atoms with E-state index in [2.05, 4.69) is 31.2 Å². The van der Waals surface area contributed by atoms with Crippen LogP contribution in [0.25, 0.3) is 0 Å². The topological polar surface area (TPSA) is 61.6 Å². The van der Waals surface area contributed by atoms with Crippen LogP contribution in [0.1, 0.15) is 11.3 Å². The van der Waals surface area contributed by atoms with E-state index in [4.69, 9.17) is 5.26 Å². The lowest BCUT2D eigenvalue weighted by atomic mass is 10.2. The largest absolute Gasteiger partial charge is 0.337 e. The molecule has 0 unspecified atom stereocenters. The summed E-state index contributed by atoms with van der Waals surface area (Å²) < 4.78 is 0.914. The maximum Gasteiger partial charge on any atom is 0.183 e. The fraction of sp³-hybridized carbons (Fsp3) is 0.0833. The van der Waals surface area contributed by atoms with E-state index in [9.17, 15) is 0 Å². The van der Waals surface area contributed by atoms with E-state index in [1.807, 2.05) is 31.2 Å². The van der Waals surface area contributed by atoms with Crippen molar-refractivity contribution < 1.29 is 0 Å². The van der Waals surface area contributed by atoms with Gasteiger partial charge in [-0.25, -0.2) is 9.97 Å². The first-order chi connectivity index (χ1) is 8.20. The number of hydrogen-bond donors (Lipinski definition) is 1. The molecule has 4 nitrogen and oxygen atoms in total. The normalized spacial score (nSPS) is 9.71. The van der Waals surface area contributed by atoms with E-state index >= 15 is 0 Å². The molecule has 1 heterocycles. The molecule has 17 heavy (non-hydrogen) atoms. The van der Waals surface area contributed by atoms with E-state index in [1.165, 1.54) is 6.20 Å². The summed E-state index contributed by atoms with van der Waals surface area (Å²) in [5, 5.41) is 12.0. The molecule has 0 aliphatic carbocycles. The average molecular weight is 289 g/mol. The molecular weight excluding hydrogens is 280 g/mol. The number of rotatable bonds is 2. The Kier molecular flexibility index (Phi) is 3.35. The smallest absolute Gasteiger partial charge is 0.183 e. The van der Waals surface area contributed by atoms with Crippen molar-refractivity contribution in [3.05, 3.63) is 46.3 Å². The second kappa shape index (κ2) is 4.93. The van der Waals surface area contributed by atoms with Crippen molar-refractivity contribution in [2.75, 3.05) is 5.32 Å². The molecule has 0 aliphatic rings. The van der Waals surface area contributed by atoms with Gasteiger partial charge in [-0.2, -0.15) is 5.26 Å². The maximum absolute atomic E-state index is 8.92. The Morgan fingerprint density at radius 3 is 2.82 bits per heavy atom. The molecule has 0 atom stereocenters. The molecule has 0 radical (unpaired) electrons. The van der Waals surface area contributed by atoms with Gasteiger partial charge in [0.15, 0.2) is 11.5 Å². The van der Waals surface area contributed by atoms with Gasteiger partial charge in [0, 0.05) is 16.9 Å². The van der Waals surface area contributed by atoms with Gasteiger partial charge in [-0.3, -0.25) is 0 Å². The zero-order valence-electron chi connectivity index (χ0n) is 9.11. The zero-order valence-corrected chi connectivity index (χ0v) is 10.7. The molecule has 1 aromatic heterocycles. The van der Waals surface area contributed by atoms with Crippen LogP contribution < -0.4 is 5.32 Å². The van der Waals surface area contributed by atoms with Gasteiger partial charge in [-0.05, 0) is 40.5 Å². The quantitative estimate of drug-likeness (QED) is 0.922. The standard InChI is InChI=1S/C12H9BrN4/c1-8-2-3-9(13)10(6-8)17-12-11(7-14)15-4-5-16-12/h2-6H,1H3,(H,16,17). The summed E-state index contributed by atoms with van der Waals surface area (Å²) in [5.74, 6) is 0.460. The third-order valence-electron chi connectivity index (χ3n) is 2.18. The molecule has 0 saturated carbocycles. The highest BCUT2D eigenvalue weighted by Crippen LogP contribution is 2.26. The number of anilines is 2. The minimum atomic E-state index is 0.279. The highest BCUT2D eigenvalue weighted by atomic mass is 79.9. The van der Waals surface area contributed by atoms with Gasteiger partial charge in [0.2, 0.25) is 0 Å². The van der Waals surface area contributed by atoms with E-state index < -0.39 is 0 Å². The molecule has 5 heteroatoms. The summed E-state index contributed by atoms with van der Waals surface area (Å²) in [6.07, 6.45) is 3.04. The number of halogens is 1. The summed E-state index contributed by atoms with van der Waals surface area (Å²) in [6.45, 7) is 2.00. The third kappa shape index (κ3) is 2.60. The van der Waals surface area contributed by atoms with E-state index in [-0.39, 0.29) is 5.69 Å². The highest BCUT2D eigenvalue weighted by Gasteiger charge is 2.06. The number of aryl methyl sites for hydroxylation is 1. The van der Waals surface area contributed by atoms with E-state index in [0.29, 0.717) is 5.82 Å². The first-order valence-electron chi connectivity index (χ1n) is 4.95. The van der Waals surface area contributed by atoms with Crippen LogP contribution in [-0.2, 0) is 0 Å². The van der Waals surface area contributed by atoms with Gasteiger partial charge in [0.05, 0.1) is 5.69 Å². The molecule has 0 spiro atoms. The molecular formula is C12H9BrN4. The molecule has 0 fully saturated rings. The molecule has 0 saturated heterocycles. The SMILES string of the molecule is Cc1ccc(Br)c(Nc2nccnc2C#N)c1. The summed E-state index contributed by atoms with van der Waals surface area (Å²) in [7, 11) is 0. The molecule has 2 aromatic rings. The van der Waals surface area contributed by atoms with Crippen molar-refractivity contribution in [2.24, 2.45) is 0 Å². The number of aromatic nitrogens is 2. The van der Waals surface area contributed by atoms with Crippen molar-refractivity contribution in [2.45, 2.75) is 6.92 Å². The first-order valence-corrected chi connectivity index (χ1v) is 5.74. The van der Waals surface area contributed by atoms with Gasteiger partial charge in [-0.15, -0.1) is 0 Å². The summed E-state index contributed by atoms with van der Waals surface area (Å²) >= 11 is 3.44. The van der Waals surface area contributed by atoms with Crippen LogP contribution in [0.15, 0.2) is 35.1 Å². The van der Waals surface area contributed by atoms with E-state index in [1.54, 1.807) is 6.20 Å². The highest BCUT2D eigenvalue weighted by molar-refractivity contribution is 9.10. The average Bonchev–Trinajstić information content (AvgIpc) is 2.34. The Hall–Kier alpha value is -1.93. The summed E-state index contributed by atoms with van der Waals surface area (Å²) in [6, 6.07) is 7.91. The Morgan fingerprint density at radius 1 is 1.29 bits per heavy atom. The number of nitrogens with zero attached hydrogens (tertiary/aromatic N) is 3. The van der Waals surface area contributed by atoms with Crippen molar-refractivity contribution >= 4 is 27.4 Å². The second-order valence-corrected chi connectivity index (χ2v) is 4.33. The molecule has 0 aliphatic heterocycles. The molecule has 1 N–H and O–H groups in total. The van der Waals surface area contributed by atoms with E-state index in [0.717, 1.165) is 15.7 Å². The Morgan fingerprint density at radius 2 is 2.06 bits per heavy atom. The number of nitriles is 1. The van der Waals surface area contributed by atoms with Crippen molar-refractivity contribution in [1.82, 2.24) is 9.97 Å². The lowest BCUT2D eigenvalue weighted by Gasteiger charge is -2.09. The second-order valence-electron chi connectivity index (χ2n) is 3.47. The lowest BCUT2D eigenvalue weighted by Crippen LogP contribution is -1.99. The fourth-order valence-electron chi connectivity index (χ4n) is 1.37. The van der Waals surface area contributed by atoms with Crippen LogP contribution in [-0.4, -0.2) is 9.97 Å².